The van der Waals surface area contributed by atoms with Crippen molar-refractivity contribution in [3.8, 4) is 0 Å². The average molecular weight is 326 g/mol. The van der Waals surface area contributed by atoms with Crippen LogP contribution in [0.2, 0.25) is 0 Å². The minimum Gasteiger partial charge on any atom is -0.464 e. The highest BCUT2D eigenvalue weighted by Gasteiger charge is 2.25. The Labute approximate surface area is 143 Å². The van der Waals surface area contributed by atoms with E-state index in [0.29, 0.717) is 12.3 Å². The van der Waals surface area contributed by atoms with Crippen LogP contribution in [0.25, 0.3) is 11.0 Å². The molecule has 2 N–H and O–H groups in total. The van der Waals surface area contributed by atoms with E-state index in [-0.39, 0.29) is 11.9 Å². The van der Waals surface area contributed by atoms with E-state index in [1.54, 1.807) is 6.26 Å². The fourth-order valence-corrected chi connectivity index (χ4v) is 4.23. The molecule has 2 heterocycles. The van der Waals surface area contributed by atoms with Crippen LogP contribution in [-0.4, -0.2) is 29.9 Å². The van der Waals surface area contributed by atoms with Crippen molar-refractivity contribution in [3.05, 3.63) is 35.1 Å². The number of nitrogens with zero attached hydrogens (tertiary/aromatic N) is 1. The van der Waals surface area contributed by atoms with Crippen molar-refractivity contribution in [1.82, 2.24) is 4.90 Å². The first-order valence-corrected chi connectivity index (χ1v) is 9.17. The van der Waals surface area contributed by atoms with Crippen molar-refractivity contribution in [2.75, 3.05) is 13.1 Å². The molecule has 4 nitrogen and oxygen atoms in total. The van der Waals surface area contributed by atoms with Gasteiger partial charge in [0.25, 0.3) is 0 Å². The number of hydrogen-bond donors (Lipinski definition) is 1. The van der Waals surface area contributed by atoms with Gasteiger partial charge < -0.3 is 15.1 Å². The monoisotopic (exact) mass is 326 g/mol. The van der Waals surface area contributed by atoms with E-state index in [0.717, 1.165) is 55.3 Å². The highest BCUT2D eigenvalue weighted by atomic mass is 16.3. The van der Waals surface area contributed by atoms with Crippen LogP contribution in [0.4, 0.5) is 0 Å². The van der Waals surface area contributed by atoms with Gasteiger partial charge >= 0.3 is 0 Å². The van der Waals surface area contributed by atoms with Crippen LogP contribution in [0.5, 0.6) is 0 Å². The third kappa shape index (κ3) is 2.84. The van der Waals surface area contributed by atoms with Crippen LogP contribution in [0.1, 0.15) is 42.9 Å². The molecule has 0 bridgehead atoms. The Morgan fingerprint density at radius 3 is 2.71 bits per heavy atom. The molecule has 1 aliphatic carbocycles. The zero-order chi connectivity index (χ0) is 16.7. The fraction of sp³-hybridized carbons (Fsp3) is 0.550. The zero-order valence-electron chi connectivity index (χ0n) is 14.4. The molecule has 1 fully saturated rings. The normalized spacial score (nSPS) is 19.7. The predicted molar refractivity (Wildman–Crippen MR) is 94.9 cm³/mol. The van der Waals surface area contributed by atoms with Crippen molar-refractivity contribution in [2.45, 2.75) is 51.5 Å². The van der Waals surface area contributed by atoms with Gasteiger partial charge in [-0.2, -0.15) is 0 Å². The maximum absolute atomic E-state index is 12.7. The van der Waals surface area contributed by atoms with Gasteiger partial charge in [-0.3, -0.25) is 4.79 Å². The summed E-state index contributed by atoms with van der Waals surface area (Å²) in [6.07, 6.45) is 7.77. The summed E-state index contributed by atoms with van der Waals surface area (Å²) < 4.78 is 5.72. The number of nitrogens with two attached hydrogens (primary N) is 1. The molecule has 0 saturated carbocycles. The lowest BCUT2D eigenvalue weighted by molar-refractivity contribution is -0.131. The summed E-state index contributed by atoms with van der Waals surface area (Å²) in [6.45, 7) is 3.73. The summed E-state index contributed by atoms with van der Waals surface area (Å²) in [5.41, 5.74) is 10.8. The van der Waals surface area contributed by atoms with Gasteiger partial charge in [-0.05, 0) is 68.2 Å². The van der Waals surface area contributed by atoms with Gasteiger partial charge in [0.15, 0.2) is 0 Å². The molecule has 1 aliphatic heterocycles. The number of rotatable bonds is 3. The number of aryl methyl sites for hydroxylation is 2. The van der Waals surface area contributed by atoms with Crippen molar-refractivity contribution >= 4 is 16.9 Å². The Hall–Kier alpha value is -1.81. The molecule has 1 atom stereocenters. The molecule has 0 radical (unpaired) electrons. The lowest BCUT2D eigenvalue weighted by atomic mass is 9.90. The van der Waals surface area contributed by atoms with Crippen LogP contribution in [0.3, 0.4) is 0 Å². The van der Waals surface area contributed by atoms with Gasteiger partial charge in [-0.25, -0.2) is 0 Å². The number of hydrogen-bond acceptors (Lipinski definition) is 3. The van der Waals surface area contributed by atoms with Crippen molar-refractivity contribution in [1.29, 1.82) is 0 Å². The number of carbonyl (C=O) groups is 1. The maximum atomic E-state index is 12.7. The van der Waals surface area contributed by atoms with Gasteiger partial charge in [0.2, 0.25) is 5.91 Å². The standard InChI is InChI=1S/C20H26N2O2/c1-13(21)14-5-7-22(8-6-14)20(23)11-17-12-24-19-10-16-4-2-3-15(16)9-18(17)19/h9-10,12-14H,2-8,11,21H2,1H3. The molecule has 128 valence electrons. The summed E-state index contributed by atoms with van der Waals surface area (Å²) in [5.74, 6) is 0.757. The zero-order valence-corrected chi connectivity index (χ0v) is 14.4. The van der Waals surface area contributed by atoms with Crippen molar-refractivity contribution in [3.63, 3.8) is 0 Å². The largest absolute Gasteiger partial charge is 0.464 e. The molecule has 1 saturated heterocycles. The van der Waals surface area contributed by atoms with Gasteiger partial charge in [-0.1, -0.05) is 0 Å². The third-order valence-electron chi connectivity index (χ3n) is 5.85. The molecule has 2 aromatic rings. The van der Waals surface area contributed by atoms with Crippen LogP contribution in [-0.2, 0) is 24.1 Å². The molecular weight excluding hydrogens is 300 g/mol. The summed E-state index contributed by atoms with van der Waals surface area (Å²) in [5, 5.41) is 1.12. The number of likely N-dealkylation sites (tertiary alicyclic amines) is 1. The first-order valence-electron chi connectivity index (χ1n) is 9.17. The number of fused-ring (bicyclic) bond motifs is 2. The van der Waals surface area contributed by atoms with Crippen molar-refractivity contribution in [2.24, 2.45) is 11.7 Å². The third-order valence-corrected chi connectivity index (χ3v) is 5.85. The smallest absolute Gasteiger partial charge is 0.227 e. The molecule has 4 rings (SSSR count). The van der Waals surface area contributed by atoms with E-state index in [4.69, 9.17) is 10.2 Å². The summed E-state index contributed by atoms with van der Waals surface area (Å²) in [6, 6.07) is 4.63. The first-order chi connectivity index (χ1) is 11.6. The Morgan fingerprint density at radius 2 is 2.00 bits per heavy atom. The van der Waals surface area contributed by atoms with Gasteiger partial charge in [-0.15, -0.1) is 0 Å². The SMILES string of the molecule is CC(N)C1CCN(C(=O)Cc2coc3cc4c(cc23)CCC4)CC1. The molecule has 1 aromatic heterocycles. The second-order valence-corrected chi connectivity index (χ2v) is 7.49. The number of benzene rings is 1. The van der Waals surface area contributed by atoms with Crippen molar-refractivity contribution < 1.29 is 9.21 Å². The van der Waals surface area contributed by atoms with E-state index < -0.39 is 0 Å². The summed E-state index contributed by atoms with van der Waals surface area (Å²) in [4.78, 5) is 14.7. The van der Waals surface area contributed by atoms with E-state index in [1.165, 1.54) is 17.5 Å². The molecule has 0 spiro atoms. The molecule has 1 amide bonds. The molecule has 24 heavy (non-hydrogen) atoms. The first kappa shape index (κ1) is 15.7. The second-order valence-electron chi connectivity index (χ2n) is 7.49. The van der Waals surface area contributed by atoms with Crippen LogP contribution in [0, 0.1) is 5.92 Å². The Balaban J connectivity index is 1.47. The topological polar surface area (TPSA) is 59.5 Å². The summed E-state index contributed by atoms with van der Waals surface area (Å²) in [7, 11) is 0. The minimum atomic E-state index is 0.210. The molecular formula is C20H26N2O2. The lowest BCUT2D eigenvalue weighted by Crippen LogP contribution is -2.43. The lowest BCUT2D eigenvalue weighted by Gasteiger charge is -2.33. The van der Waals surface area contributed by atoms with E-state index in [1.807, 2.05) is 4.90 Å². The average Bonchev–Trinajstić information content (AvgIpc) is 3.19. The van der Waals surface area contributed by atoms with Crippen LogP contribution >= 0.6 is 0 Å². The Bertz CT molecular complexity index is 754. The number of furan rings is 1. The molecule has 1 unspecified atom stereocenters. The maximum Gasteiger partial charge on any atom is 0.227 e. The Kier molecular flexibility index (Phi) is 4.09. The van der Waals surface area contributed by atoms with Crippen LogP contribution < -0.4 is 5.73 Å². The molecule has 1 aromatic carbocycles. The van der Waals surface area contributed by atoms with E-state index >= 15 is 0 Å². The van der Waals surface area contributed by atoms with Gasteiger partial charge in [0.1, 0.15) is 5.58 Å². The Morgan fingerprint density at radius 1 is 1.29 bits per heavy atom. The second kappa shape index (κ2) is 6.25. The van der Waals surface area contributed by atoms with E-state index in [9.17, 15) is 4.79 Å². The van der Waals surface area contributed by atoms with Gasteiger partial charge in [0, 0.05) is 30.1 Å². The molecule has 2 aliphatic rings. The highest BCUT2D eigenvalue weighted by molar-refractivity contribution is 5.88. The summed E-state index contributed by atoms with van der Waals surface area (Å²) >= 11 is 0. The van der Waals surface area contributed by atoms with Gasteiger partial charge in [0.05, 0.1) is 12.7 Å². The number of carbonyl (C=O) groups excluding carboxylic acids is 1. The predicted octanol–water partition coefficient (Wildman–Crippen LogP) is 3.05. The minimum absolute atomic E-state index is 0.210. The number of amides is 1. The fourth-order valence-electron chi connectivity index (χ4n) is 4.23. The quantitative estimate of drug-likeness (QED) is 0.943. The number of piperidine rings is 1. The van der Waals surface area contributed by atoms with Crippen LogP contribution in [0.15, 0.2) is 22.8 Å². The highest BCUT2D eigenvalue weighted by Crippen LogP contribution is 2.31. The van der Waals surface area contributed by atoms with E-state index in [2.05, 4.69) is 19.1 Å². The molecule has 4 heteroatoms.